The standard InChI is InChI=1S/C24H28N4O/c1-19(20-10-12-22(13-11-20)28-17-14-25-18-28)26-23(21-8-4-2-5-9-21)24(29)27-15-6-3-7-16-27/h2,4-5,8-14,17-19,23,26H,3,6-7,15-16H2,1H3/t19-,23-/m1/s1. The maximum atomic E-state index is 13.3. The normalized spacial score (nSPS) is 16.4. The molecule has 2 aromatic carbocycles. The lowest BCUT2D eigenvalue weighted by Gasteiger charge is -2.32. The number of carbonyl (C=O) groups is 1. The first kappa shape index (κ1) is 19.4. The zero-order valence-corrected chi connectivity index (χ0v) is 16.9. The highest BCUT2D eigenvalue weighted by atomic mass is 16.2. The minimum Gasteiger partial charge on any atom is -0.341 e. The van der Waals surface area contributed by atoms with Gasteiger partial charge in [-0.05, 0) is 49.4 Å². The molecular formula is C24H28N4O. The van der Waals surface area contributed by atoms with Crippen LogP contribution >= 0.6 is 0 Å². The Labute approximate surface area is 172 Å². The van der Waals surface area contributed by atoms with Crippen molar-refractivity contribution in [1.29, 1.82) is 0 Å². The van der Waals surface area contributed by atoms with E-state index in [1.54, 1.807) is 12.5 Å². The molecular weight excluding hydrogens is 360 g/mol. The third-order valence-electron chi connectivity index (χ3n) is 5.66. The van der Waals surface area contributed by atoms with Gasteiger partial charge in [0.1, 0.15) is 6.04 Å². The first-order valence-electron chi connectivity index (χ1n) is 10.4. The largest absolute Gasteiger partial charge is 0.341 e. The number of carbonyl (C=O) groups excluding carboxylic acids is 1. The summed E-state index contributed by atoms with van der Waals surface area (Å²) in [6, 6.07) is 18.2. The molecule has 1 aliphatic heterocycles. The first-order chi connectivity index (χ1) is 14.2. The third-order valence-corrected chi connectivity index (χ3v) is 5.66. The minimum absolute atomic E-state index is 0.0470. The van der Waals surface area contributed by atoms with Gasteiger partial charge >= 0.3 is 0 Å². The van der Waals surface area contributed by atoms with E-state index in [1.165, 1.54) is 6.42 Å². The van der Waals surface area contributed by atoms with Gasteiger partial charge in [0.25, 0.3) is 0 Å². The number of hydrogen-bond acceptors (Lipinski definition) is 3. The fraction of sp³-hybridized carbons (Fsp3) is 0.333. The summed E-state index contributed by atoms with van der Waals surface area (Å²) in [5.74, 6) is 0.179. The molecule has 0 bridgehead atoms. The van der Waals surface area contributed by atoms with Gasteiger partial charge in [-0.25, -0.2) is 4.98 Å². The molecule has 1 aromatic heterocycles. The van der Waals surface area contributed by atoms with Gasteiger partial charge in [0, 0.05) is 37.2 Å². The molecule has 2 heterocycles. The van der Waals surface area contributed by atoms with Crippen molar-refractivity contribution in [2.45, 2.75) is 38.3 Å². The number of hydrogen-bond donors (Lipinski definition) is 1. The summed E-state index contributed by atoms with van der Waals surface area (Å²) in [5, 5.41) is 3.59. The van der Waals surface area contributed by atoms with Crippen LogP contribution in [0.5, 0.6) is 0 Å². The van der Waals surface area contributed by atoms with Crippen LogP contribution in [-0.4, -0.2) is 33.4 Å². The van der Waals surface area contributed by atoms with Crippen LogP contribution in [0.25, 0.3) is 5.69 Å². The topological polar surface area (TPSA) is 50.2 Å². The van der Waals surface area contributed by atoms with Gasteiger partial charge < -0.3 is 9.47 Å². The summed E-state index contributed by atoms with van der Waals surface area (Å²) in [5.41, 5.74) is 3.24. The number of likely N-dealkylation sites (tertiary alicyclic amines) is 1. The van der Waals surface area contributed by atoms with Crippen molar-refractivity contribution in [1.82, 2.24) is 19.8 Å². The average molecular weight is 389 g/mol. The van der Waals surface area contributed by atoms with Gasteiger partial charge in [0.15, 0.2) is 0 Å². The number of nitrogens with zero attached hydrogens (tertiary/aromatic N) is 3. The van der Waals surface area contributed by atoms with E-state index in [0.29, 0.717) is 0 Å². The van der Waals surface area contributed by atoms with Gasteiger partial charge in [0.2, 0.25) is 5.91 Å². The van der Waals surface area contributed by atoms with E-state index in [9.17, 15) is 4.79 Å². The van der Waals surface area contributed by atoms with E-state index in [0.717, 1.165) is 42.7 Å². The van der Waals surface area contributed by atoms with Crippen molar-refractivity contribution in [2.24, 2.45) is 0 Å². The van der Waals surface area contributed by atoms with Gasteiger partial charge in [-0.2, -0.15) is 0 Å². The van der Waals surface area contributed by atoms with E-state index in [4.69, 9.17) is 0 Å². The highest BCUT2D eigenvalue weighted by Gasteiger charge is 2.28. The van der Waals surface area contributed by atoms with Crippen molar-refractivity contribution in [2.75, 3.05) is 13.1 Å². The molecule has 0 unspecified atom stereocenters. The average Bonchev–Trinajstić information content (AvgIpc) is 3.33. The minimum atomic E-state index is -0.336. The fourth-order valence-electron chi connectivity index (χ4n) is 3.95. The molecule has 5 heteroatoms. The number of benzene rings is 2. The molecule has 3 aromatic rings. The van der Waals surface area contributed by atoms with Gasteiger partial charge in [-0.15, -0.1) is 0 Å². The molecule has 1 aliphatic rings. The Balaban J connectivity index is 1.52. The molecule has 1 saturated heterocycles. The molecule has 29 heavy (non-hydrogen) atoms. The predicted octanol–water partition coefficient (Wildman–Crippen LogP) is 4.28. The van der Waals surface area contributed by atoms with Crippen molar-refractivity contribution in [3.63, 3.8) is 0 Å². The number of amides is 1. The zero-order valence-electron chi connectivity index (χ0n) is 16.9. The number of rotatable bonds is 6. The quantitative estimate of drug-likeness (QED) is 0.686. The van der Waals surface area contributed by atoms with Crippen LogP contribution in [0.4, 0.5) is 0 Å². The summed E-state index contributed by atoms with van der Waals surface area (Å²) in [7, 11) is 0. The Hall–Kier alpha value is -2.92. The molecule has 150 valence electrons. The van der Waals surface area contributed by atoms with Crippen molar-refractivity contribution in [3.05, 3.63) is 84.4 Å². The molecule has 4 rings (SSSR count). The van der Waals surface area contributed by atoms with Crippen molar-refractivity contribution >= 4 is 5.91 Å². The maximum absolute atomic E-state index is 13.3. The predicted molar refractivity (Wildman–Crippen MR) is 115 cm³/mol. The first-order valence-corrected chi connectivity index (χ1v) is 10.4. The maximum Gasteiger partial charge on any atom is 0.244 e. The lowest BCUT2D eigenvalue weighted by Crippen LogP contribution is -2.43. The van der Waals surface area contributed by atoms with Gasteiger partial charge in [-0.3, -0.25) is 10.1 Å². The third kappa shape index (κ3) is 4.57. The molecule has 1 N–H and O–H groups in total. The molecule has 1 fully saturated rings. The summed E-state index contributed by atoms with van der Waals surface area (Å²) >= 11 is 0. The summed E-state index contributed by atoms with van der Waals surface area (Å²) in [6.45, 7) is 3.83. The summed E-state index contributed by atoms with van der Waals surface area (Å²) in [4.78, 5) is 19.4. The zero-order chi connectivity index (χ0) is 20.1. The molecule has 0 spiro atoms. The number of aromatic nitrogens is 2. The van der Waals surface area contributed by atoms with E-state index in [1.807, 2.05) is 46.0 Å². The Bertz CT molecular complexity index is 900. The molecule has 1 amide bonds. The summed E-state index contributed by atoms with van der Waals surface area (Å²) in [6.07, 6.45) is 8.90. The van der Waals surface area contributed by atoms with E-state index >= 15 is 0 Å². The van der Waals surface area contributed by atoms with Crippen LogP contribution in [0.2, 0.25) is 0 Å². The Morgan fingerprint density at radius 3 is 2.34 bits per heavy atom. The molecule has 5 nitrogen and oxygen atoms in total. The molecule has 0 saturated carbocycles. The van der Waals surface area contributed by atoms with Gasteiger partial charge in [-0.1, -0.05) is 42.5 Å². The monoisotopic (exact) mass is 388 g/mol. The van der Waals surface area contributed by atoms with Crippen LogP contribution in [-0.2, 0) is 4.79 Å². The Kier molecular flexibility index (Phi) is 6.06. The van der Waals surface area contributed by atoms with Crippen molar-refractivity contribution in [3.8, 4) is 5.69 Å². The number of nitrogens with one attached hydrogen (secondary N) is 1. The SMILES string of the molecule is C[C@@H](N[C@@H](C(=O)N1CCCCC1)c1ccccc1)c1ccc(-n2ccnc2)cc1. The van der Waals surface area contributed by atoms with Crippen molar-refractivity contribution < 1.29 is 4.79 Å². The van der Waals surface area contributed by atoms with Gasteiger partial charge in [0.05, 0.1) is 6.33 Å². The highest BCUT2D eigenvalue weighted by molar-refractivity contribution is 5.83. The molecule has 0 radical (unpaired) electrons. The second-order valence-electron chi connectivity index (χ2n) is 7.68. The van der Waals surface area contributed by atoms with E-state index in [2.05, 4.69) is 41.5 Å². The van der Waals surface area contributed by atoms with E-state index < -0.39 is 0 Å². The Morgan fingerprint density at radius 1 is 0.966 bits per heavy atom. The van der Waals surface area contributed by atoms with Crippen LogP contribution in [0.15, 0.2) is 73.3 Å². The van der Waals surface area contributed by atoms with Crippen LogP contribution in [0, 0.1) is 0 Å². The lowest BCUT2D eigenvalue weighted by molar-refractivity contribution is -0.134. The second kappa shape index (κ2) is 9.05. The lowest BCUT2D eigenvalue weighted by atomic mass is 10.0. The number of imidazole rings is 1. The van der Waals surface area contributed by atoms with Crippen LogP contribution in [0.3, 0.4) is 0 Å². The van der Waals surface area contributed by atoms with Crippen LogP contribution < -0.4 is 5.32 Å². The van der Waals surface area contributed by atoms with Crippen LogP contribution in [0.1, 0.15) is 49.4 Å². The smallest absolute Gasteiger partial charge is 0.244 e. The number of piperidine rings is 1. The highest BCUT2D eigenvalue weighted by Crippen LogP contribution is 2.24. The second-order valence-corrected chi connectivity index (χ2v) is 7.68. The molecule has 0 aliphatic carbocycles. The van der Waals surface area contributed by atoms with E-state index in [-0.39, 0.29) is 18.0 Å². The fourth-order valence-corrected chi connectivity index (χ4v) is 3.95. The summed E-state index contributed by atoms with van der Waals surface area (Å²) < 4.78 is 1.98. The Morgan fingerprint density at radius 2 is 1.69 bits per heavy atom. The molecule has 2 atom stereocenters.